The lowest BCUT2D eigenvalue weighted by molar-refractivity contribution is -0.274. The van der Waals surface area contributed by atoms with Crippen LogP contribution in [0.5, 0.6) is 5.75 Å². The fourth-order valence-electron chi connectivity index (χ4n) is 4.18. The van der Waals surface area contributed by atoms with E-state index in [9.17, 15) is 22.4 Å². The van der Waals surface area contributed by atoms with Crippen LogP contribution in [0.4, 0.5) is 23.2 Å². The Morgan fingerprint density at radius 2 is 2.10 bits per heavy atom. The van der Waals surface area contributed by atoms with Crippen LogP contribution < -0.4 is 10.1 Å². The standard InChI is InChI=1S/C20H18F4N2O3.H2/c1-10-7-11(5-6-25-10)16-17(15-9-14(21)18(16)28-15)19(27)26-12-3-2-4-13(8-12)29-20(22,23)24;/h2-8,14-18H,9H2,1H3,(H,26,27);1H/t14-,15-,16-,17+,18+;/m1./s1. The molecule has 5 nitrogen and oxygen atoms in total. The highest BCUT2D eigenvalue weighted by Gasteiger charge is 2.57. The van der Waals surface area contributed by atoms with Gasteiger partial charge in [0.2, 0.25) is 5.91 Å². The van der Waals surface area contributed by atoms with Crippen molar-refractivity contribution in [2.75, 3.05) is 5.32 Å². The molecule has 2 bridgehead atoms. The van der Waals surface area contributed by atoms with Gasteiger partial charge >= 0.3 is 6.36 Å². The number of nitrogens with one attached hydrogen (secondary N) is 1. The minimum Gasteiger partial charge on any atom is -0.406 e. The lowest BCUT2D eigenvalue weighted by Gasteiger charge is -2.29. The summed E-state index contributed by atoms with van der Waals surface area (Å²) in [5, 5.41) is 2.62. The largest absolute Gasteiger partial charge is 0.573 e. The molecular weight excluding hydrogens is 392 g/mol. The third kappa shape index (κ3) is 4.05. The summed E-state index contributed by atoms with van der Waals surface area (Å²) >= 11 is 0. The van der Waals surface area contributed by atoms with E-state index in [2.05, 4.69) is 15.0 Å². The number of benzene rings is 1. The molecular formula is C20H20F4N2O3. The second-order valence-electron chi connectivity index (χ2n) is 7.24. The summed E-state index contributed by atoms with van der Waals surface area (Å²) in [6, 6.07) is 8.54. The van der Waals surface area contributed by atoms with Crippen molar-refractivity contribution >= 4 is 11.6 Å². The van der Waals surface area contributed by atoms with E-state index < -0.39 is 48.2 Å². The second kappa shape index (κ2) is 7.29. The number of pyridine rings is 1. The quantitative estimate of drug-likeness (QED) is 0.757. The molecule has 156 valence electrons. The SMILES string of the molecule is Cc1cc([C@H]2[C@H]3O[C@H](C[C@H]3F)[C@@H]2C(=O)Nc2cccc(OC(F)(F)F)c2)ccn1.[HH]. The number of amides is 1. The first-order valence-corrected chi connectivity index (χ1v) is 9.10. The molecule has 5 atom stereocenters. The fraction of sp³-hybridized carbons (Fsp3) is 0.400. The number of aryl methyl sites for hydroxylation is 1. The number of carbonyl (C=O) groups is 1. The number of aromatic nitrogens is 1. The number of fused-ring (bicyclic) bond motifs is 2. The Hall–Kier alpha value is -2.68. The Kier molecular flexibility index (Phi) is 4.94. The zero-order chi connectivity index (χ0) is 20.8. The number of hydrogen-bond acceptors (Lipinski definition) is 4. The lowest BCUT2D eigenvalue weighted by Crippen LogP contribution is -2.39. The van der Waals surface area contributed by atoms with Crippen molar-refractivity contribution in [1.29, 1.82) is 0 Å². The maximum atomic E-state index is 14.3. The van der Waals surface area contributed by atoms with Gasteiger partial charge in [-0.25, -0.2) is 4.39 Å². The van der Waals surface area contributed by atoms with Gasteiger partial charge in [-0.2, -0.15) is 0 Å². The number of halogens is 4. The zero-order valence-electron chi connectivity index (χ0n) is 15.3. The van der Waals surface area contributed by atoms with E-state index in [0.29, 0.717) is 0 Å². The van der Waals surface area contributed by atoms with Crippen LogP contribution in [0.15, 0.2) is 42.6 Å². The van der Waals surface area contributed by atoms with Crippen molar-refractivity contribution in [2.45, 2.75) is 44.0 Å². The summed E-state index contributed by atoms with van der Waals surface area (Å²) in [5.41, 5.74) is 1.64. The molecule has 2 fully saturated rings. The minimum absolute atomic E-state index is 0. The smallest absolute Gasteiger partial charge is 0.406 e. The summed E-state index contributed by atoms with van der Waals surface area (Å²) in [6.45, 7) is 1.80. The molecule has 0 saturated carbocycles. The van der Waals surface area contributed by atoms with Crippen LogP contribution in [0.3, 0.4) is 0 Å². The van der Waals surface area contributed by atoms with Crippen molar-refractivity contribution in [2.24, 2.45) is 5.92 Å². The number of rotatable bonds is 4. The van der Waals surface area contributed by atoms with Crippen molar-refractivity contribution in [3.63, 3.8) is 0 Å². The molecule has 0 aliphatic carbocycles. The van der Waals surface area contributed by atoms with Crippen molar-refractivity contribution in [3.8, 4) is 5.75 Å². The van der Waals surface area contributed by atoms with Crippen LogP contribution in [-0.4, -0.2) is 35.6 Å². The normalized spacial score (nSPS) is 28.4. The zero-order valence-corrected chi connectivity index (χ0v) is 15.3. The van der Waals surface area contributed by atoms with Crippen LogP contribution in [0.1, 0.15) is 25.0 Å². The molecule has 1 N–H and O–H groups in total. The van der Waals surface area contributed by atoms with Crippen LogP contribution in [-0.2, 0) is 9.53 Å². The molecule has 29 heavy (non-hydrogen) atoms. The maximum absolute atomic E-state index is 14.3. The van der Waals surface area contributed by atoms with Crippen LogP contribution in [0, 0.1) is 12.8 Å². The molecule has 2 aliphatic rings. The minimum atomic E-state index is -4.83. The second-order valence-corrected chi connectivity index (χ2v) is 7.24. The van der Waals surface area contributed by atoms with E-state index in [0.717, 1.165) is 23.4 Å². The molecule has 2 aromatic rings. The highest BCUT2D eigenvalue weighted by atomic mass is 19.4. The van der Waals surface area contributed by atoms with Gasteiger partial charge in [-0.1, -0.05) is 6.07 Å². The Labute approximate surface area is 165 Å². The molecule has 4 rings (SSSR count). The van der Waals surface area contributed by atoms with Gasteiger partial charge in [0.1, 0.15) is 11.9 Å². The summed E-state index contributed by atoms with van der Waals surface area (Å²) in [5.74, 6) is -2.04. The fourth-order valence-corrected chi connectivity index (χ4v) is 4.18. The van der Waals surface area contributed by atoms with Crippen LogP contribution >= 0.6 is 0 Å². The molecule has 0 radical (unpaired) electrons. The molecule has 2 saturated heterocycles. The van der Waals surface area contributed by atoms with Crippen molar-refractivity contribution < 1.29 is 33.3 Å². The van der Waals surface area contributed by atoms with Gasteiger partial charge in [-0.15, -0.1) is 13.2 Å². The summed E-state index contributed by atoms with van der Waals surface area (Å²) < 4.78 is 61.2. The van der Waals surface area contributed by atoms with Crippen LogP contribution in [0.2, 0.25) is 0 Å². The predicted molar refractivity (Wildman–Crippen MR) is 97.2 cm³/mol. The number of carbonyl (C=O) groups excluding carboxylic acids is 1. The lowest BCUT2D eigenvalue weighted by atomic mass is 9.74. The number of ether oxygens (including phenoxy) is 2. The summed E-state index contributed by atoms with van der Waals surface area (Å²) in [7, 11) is 0. The van der Waals surface area contributed by atoms with Gasteiger partial charge in [0.15, 0.2) is 0 Å². The predicted octanol–water partition coefficient (Wildman–Crippen LogP) is 4.38. The van der Waals surface area contributed by atoms with Gasteiger partial charge in [0.25, 0.3) is 0 Å². The monoisotopic (exact) mass is 412 g/mol. The number of hydrogen-bond donors (Lipinski definition) is 1. The average molecular weight is 412 g/mol. The first-order valence-electron chi connectivity index (χ1n) is 9.10. The van der Waals surface area contributed by atoms with Crippen molar-refractivity contribution in [3.05, 3.63) is 53.9 Å². The number of anilines is 1. The van der Waals surface area contributed by atoms with Gasteiger partial charge in [0, 0.05) is 37.4 Å². The Balaban J connectivity index is 0.00000256. The van der Waals surface area contributed by atoms with E-state index in [1.165, 1.54) is 12.1 Å². The van der Waals surface area contributed by atoms with E-state index >= 15 is 0 Å². The first kappa shape index (κ1) is 19.6. The first-order chi connectivity index (χ1) is 13.7. The number of nitrogens with zero attached hydrogens (tertiary/aromatic N) is 1. The average Bonchev–Trinajstić information content (AvgIpc) is 3.17. The summed E-state index contributed by atoms with van der Waals surface area (Å²) in [4.78, 5) is 17.1. The van der Waals surface area contributed by atoms with Crippen molar-refractivity contribution in [1.82, 2.24) is 4.98 Å². The van der Waals surface area contributed by atoms with Gasteiger partial charge in [0.05, 0.1) is 18.1 Å². The molecule has 2 aliphatic heterocycles. The van der Waals surface area contributed by atoms with Gasteiger partial charge in [-0.3, -0.25) is 9.78 Å². The molecule has 0 unspecified atom stereocenters. The van der Waals surface area contributed by atoms with E-state index in [1.54, 1.807) is 25.3 Å². The highest BCUT2D eigenvalue weighted by Crippen LogP contribution is 2.50. The topological polar surface area (TPSA) is 60.5 Å². The molecule has 0 spiro atoms. The third-order valence-electron chi connectivity index (χ3n) is 5.23. The third-order valence-corrected chi connectivity index (χ3v) is 5.23. The molecule has 1 aromatic carbocycles. The molecule has 3 heterocycles. The maximum Gasteiger partial charge on any atom is 0.573 e. The highest BCUT2D eigenvalue weighted by molar-refractivity contribution is 5.94. The molecule has 1 aromatic heterocycles. The Morgan fingerprint density at radius 1 is 1.31 bits per heavy atom. The molecule has 9 heteroatoms. The Morgan fingerprint density at radius 3 is 2.83 bits per heavy atom. The van der Waals surface area contributed by atoms with Gasteiger partial charge < -0.3 is 14.8 Å². The van der Waals surface area contributed by atoms with Crippen LogP contribution in [0.25, 0.3) is 0 Å². The van der Waals surface area contributed by atoms with Gasteiger partial charge in [-0.05, 0) is 36.8 Å². The van der Waals surface area contributed by atoms with E-state index in [-0.39, 0.29) is 13.5 Å². The van der Waals surface area contributed by atoms with E-state index in [4.69, 9.17) is 4.74 Å². The summed E-state index contributed by atoms with van der Waals surface area (Å²) in [6.07, 6.45) is -5.63. The molecule has 1 amide bonds. The Bertz CT molecular complexity index is 927. The van der Waals surface area contributed by atoms with E-state index in [1.807, 2.05) is 0 Å². The number of alkyl halides is 4.